The lowest BCUT2D eigenvalue weighted by Crippen LogP contribution is -2.40. The zero-order valence-electron chi connectivity index (χ0n) is 18.0. The summed E-state index contributed by atoms with van der Waals surface area (Å²) in [5, 5.41) is 6.71. The van der Waals surface area contributed by atoms with Crippen LogP contribution in [0.1, 0.15) is 29.8 Å². The molecule has 1 fully saturated rings. The average Bonchev–Trinajstić information content (AvgIpc) is 2.80. The van der Waals surface area contributed by atoms with E-state index in [1.807, 2.05) is 26.0 Å². The molecule has 0 aliphatic carbocycles. The van der Waals surface area contributed by atoms with Crippen LogP contribution in [0, 0.1) is 5.53 Å². The fourth-order valence-electron chi connectivity index (χ4n) is 3.24. The Labute approximate surface area is 181 Å². The number of rotatable bonds is 7. The van der Waals surface area contributed by atoms with Crippen LogP contribution in [0.5, 0.6) is 5.75 Å². The van der Waals surface area contributed by atoms with Gasteiger partial charge in [-0.1, -0.05) is 6.07 Å². The second-order valence-corrected chi connectivity index (χ2v) is 7.44. The lowest BCUT2D eigenvalue weighted by atomic mass is 10.0. The summed E-state index contributed by atoms with van der Waals surface area (Å²) in [5.74, 6) is 0.679. The number of nitrogens with one attached hydrogen (secondary N) is 2. The number of anilines is 1. The number of hydrogen-bond donors (Lipinski definition) is 3. The lowest BCUT2D eigenvalue weighted by Gasteiger charge is -2.27. The van der Waals surface area contributed by atoms with Crippen LogP contribution in [0.2, 0.25) is 0 Å². The number of pyridine rings is 1. The number of morpholine rings is 1. The van der Waals surface area contributed by atoms with E-state index in [9.17, 15) is 4.79 Å². The first-order valence-corrected chi connectivity index (χ1v) is 10.1. The van der Waals surface area contributed by atoms with Crippen LogP contribution >= 0.6 is 0 Å². The molecule has 4 N–H and O–H groups in total. The highest BCUT2D eigenvalue weighted by Crippen LogP contribution is 2.31. The molecule has 1 saturated heterocycles. The molecule has 1 amide bonds. The van der Waals surface area contributed by atoms with Gasteiger partial charge in [0.25, 0.3) is 5.91 Å². The molecular formula is C22H28N6O3. The zero-order chi connectivity index (χ0) is 22.4. The van der Waals surface area contributed by atoms with Gasteiger partial charge in [-0.25, -0.2) is 10.5 Å². The Morgan fingerprint density at radius 2 is 2.03 bits per heavy atom. The van der Waals surface area contributed by atoms with E-state index in [1.165, 1.54) is 0 Å². The molecular weight excluding hydrogens is 396 g/mol. The van der Waals surface area contributed by atoms with Crippen molar-refractivity contribution < 1.29 is 14.3 Å². The van der Waals surface area contributed by atoms with Crippen molar-refractivity contribution in [1.29, 1.82) is 5.53 Å². The largest absolute Gasteiger partial charge is 0.496 e. The summed E-state index contributed by atoms with van der Waals surface area (Å²) in [7, 11) is 1.54. The van der Waals surface area contributed by atoms with Gasteiger partial charge in [0.15, 0.2) is 0 Å². The lowest BCUT2D eigenvalue weighted by molar-refractivity contribution is 0.0301. The molecule has 31 heavy (non-hydrogen) atoms. The first kappa shape index (κ1) is 22.2. The number of nitrogens with two attached hydrogens (primary N) is 1. The molecule has 1 aliphatic heterocycles. The number of benzene rings is 1. The average molecular weight is 425 g/mol. The normalized spacial score (nSPS) is 14.5. The molecule has 2 heterocycles. The van der Waals surface area contributed by atoms with Crippen molar-refractivity contribution in [1.82, 2.24) is 15.2 Å². The monoisotopic (exact) mass is 424 g/mol. The van der Waals surface area contributed by atoms with Gasteiger partial charge in [0.05, 0.1) is 25.9 Å². The van der Waals surface area contributed by atoms with E-state index in [0.717, 1.165) is 11.1 Å². The molecule has 1 aromatic heterocycles. The first-order chi connectivity index (χ1) is 14.9. The van der Waals surface area contributed by atoms with Crippen molar-refractivity contribution in [3.8, 4) is 16.9 Å². The predicted molar refractivity (Wildman–Crippen MR) is 119 cm³/mol. The number of carbonyl (C=O) groups is 1. The van der Waals surface area contributed by atoms with Crippen LogP contribution in [0.4, 0.5) is 5.82 Å². The fourth-order valence-corrected chi connectivity index (χ4v) is 3.24. The number of ether oxygens (including phenoxy) is 2. The van der Waals surface area contributed by atoms with Crippen molar-refractivity contribution in [2.75, 3.05) is 39.1 Å². The molecule has 0 radical (unpaired) electrons. The number of carbonyl (C=O) groups excluding carboxylic acids is 1. The Balaban J connectivity index is 1.95. The number of hydrogen-bond acceptors (Lipinski definition) is 8. The second kappa shape index (κ2) is 10.0. The van der Waals surface area contributed by atoms with Crippen LogP contribution in [0.15, 0.2) is 41.8 Å². The van der Waals surface area contributed by atoms with Crippen LogP contribution < -0.4 is 15.8 Å². The van der Waals surface area contributed by atoms with Gasteiger partial charge in [0, 0.05) is 42.7 Å². The second-order valence-electron chi connectivity index (χ2n) is 7.44. The third-order valence-electron chi connectivity index (χ3n) is 4.93. The molecule has 0 atom stereocenters. The molecule has 0 saturated carbocycles. The predicted octanol–water partition coefficient (Wildman–Crippen LogP) is 3.14. The Hall–Kier alpha value is -3.46. The van der Waals surface area contributed by atoms with E-state index in [4.69, 9.17) is 20.7 Å². The summed E-state index contributed by atoms with van der Waals surface area (Å²) in [4.78, 5) is 18.9. The van der Waals surface area contributed by atoms with E-state index < -0.39 is 0 Å². The van der Waals surface area contributed by atoms with Crippen LogP contribution in [-0.2, 0) is 4.74 Å². The summed E-state index contributed by atoms with van der Waals surface area (Å²) < 4.78 is 10.8. The summed E-state index contributed by atoms with van der Waals surface area (Å²) in [6.45, 7) is 6.17. The van der Waals surface area contributed by atoms with Gasteiger partial charge < -0.3 is 25.4 Å². The Bertz CT molecular complexity index is 983. The SMILES string of the molecule is COc1cc(-c2cnc(N)c(/C(=C/NC(C)C)N=N)c2)ccc1C(=O)N1CCOCC1. The number of methoxy groups -OCH3 is 1. The molecule has 0 bridgehead atoms. The smallest absolute Gasteiger partial charge is 0.257 e. The summed E-state index contributed by atoms with van der Waals surface area (Å²) in [6.07, 6.45) is 3.30. The number of amides is 1. The van der Waals surface area contributed by atoms with Gasteiger partial charge >= 0.3 is 0 Å². The van der Waals surface area contributed by atoms with E-state index in [2.05, 4.69) is 15.4 Å². The van der Waals surface area contributed by atoms with E-state index in [-0.39, 0.29) is 17.8 Å². The van der Waals surface area contributed by atoms with E-state index >= 15 is 0 Å². The molecule has 2 aromatic rings. The molecule has 1 aliphatic rings. The minimum atomic E-state index is -0.0826. The molecule has 9 nitrogen and oxygen atoms in total. The summed E-state index contributed by atoms with van der Waals surface area (Å²) in [5.41, 5.74) is 16.6. The van der Waals surface area contributed by atoms with E-state index in [0.29, 0.717) is 48.9 Å². The maximum atomic E-state index is 12.9. The standard InChI is InChI=1S/C22H28N6O3/c1-14(2)25-13-19(27-24)18-10-16(12-26-21(18)23)15-4-5-17(20(11-15)30-3)22(29)28-6-8-31-9-7-28/h4-5,10-14,24-25H,6-9H2,1-3H3,(H2,23,26)/b19-13-,27-24?. The van der Waals surface area contributed by atoms with Crippen molar-refractivity contribution in [2.24, 2.45) is 5.11 Å². The van der Waals surface area contributed by atoms with Crippen molar-refractivity contribution >= 4 is 17.4 Å². The highest BCUT2D eigenvalue weighted by Gasteiger charge is 2.22. The van der Waals surface area contributed by atoms with Gasteiger partial charge in [0.1, 0.15) is 17.3 Å². The fraction of sp³-hybridized carbons (Fsp3) is 0.364. The van der Waals surface area contributed by atoms with Gasteiger partial charge in [-0.15, -0.1) is 0 Å². The van der Waals surface area contributed by atoms with Crippen molar-refractivity contribution in [2.45, 2.75) is 19.9 Å². The third-order valence-corrected chi connectivity index (χ3v) is 4.93. The van der Waals surface area contributed by atoms with Gasteiger partial charge in [0.2, 0.25) is 0 Å². The maximum absolute atomic E-state index is 12.9. The maximum Gasteiger partial charge on any atom is 0.257 e. The Kier molecular flexibility index (Phi) is 7.19. The summed E-state index contributed by atoms with van der Waals surface area (Å²) >= 11 is 0. The minimum absolute atomic E-state index is 0.0826. The van der Waals surface area contributed by atoms with Crippen molar-refractivity contribution in [3.05, 3.63) is 47.8 Å². The van der Waals surface area contributed by atoms with Crippen molar-refractivity contribution in [3.63, 3.8) is 0 Å². The Morgan fingerprint density at radius 3 is 2.68 bits per heavy atom. The number of nitrogens with zero attached hydrogens (tertiary/aromatic N) is 3. The topological polar surface area (TPSA) is 126 Å². The minimum Gasteiger partial charge on any atom is -0.496 e. The quantitative estimate of drug-likeness (QED) is 0.586. The van der Waals surface area contributed by atoms with Crippen LogP contribution in [-0.4, -0.2) is 55.2 Å². The van der Waals surface area contributed by atoms with E-state index in [1.54, 1.807) is 36.5 Å². The summed E-state index contributed by atoms with van der Waals surface area (Å²) in [6, 6.07) is 7.43. The zero-order valence-corrected chi connectivity index (χ0v) is 18.0. The third kappa shape index (κ3) is 5.18. The van der Waals surface area contributed by atoms with Gasteiger partial charge in [-0.3, -0.25) is 4.79 Å². The molecule has 0 spiro atoms. The highest BCUT2D eigenvalue weighted by atomic mass is 16.5. The molecule has 1 aromatic carbocycles. The van der Waals surface area contributed by atoms with Gasteiger partial charge in [-0.05, 0) is 37.6 Å². The molecule has 164 valence electrons. The number of nitrogen functional groups attached to an aromatic ring is 1. The van der Waals surface area contributed by atoms with Gasteiger partial charge in [-0.2, -0.15) is 5.11 Å². The molecule has 9 heteroatoms. The molecule has 0 unspecified atom stereocenters. The van der Waals surface area contributed by atoms with Crippen LogP contribution in [0.3, 0.4) is 0 Å². The Morgan fingerprint density at radius 1 is 1.29 bits per heavy atom. The first-order valence-electron chi connectivity index (χ1n) is 10.1. The number of aromatic nitrogens is 1. The highest BCUT2D eigenvalue weighted by molar-refractivity contribution is 5.97. The molecule has 3 rings (SSSR count). The van der Waals surface area contributed by atoms with Crippen LogP contribution in [0.25, 0.3) is 16.8 Å².